The highest BCUT2D eigenvalue weighted by Gasteiger charge is 2.08. The Morgan fingerprint density at radius 2 is 2.17 bits per heavy atom. The van der Waals surface area contributed by atoms with Crippen molar-refractivity contribution in [1.29, 1.82) is 0 Å². The fourth-order valence-electron chi connectivity index (χ4n) is 0.673. The molecule has 5 heteroatoms. The standard InChI is InChI=1S/C7H8O4S/c1-4-6(3-12-5(2)8)11-7(9)10-4/h3H2,1-2H3. The lowest BCUT2D eigenvalue weighted by Crippen LogP contribution is -1.87. The van der Waals surface area contributed by atoms with Gasteiger partial charge in [0.2, 0.25) is 0 Å². The van der Waals surface area contributed by atoms with Gasteiger partial charge in [-0.3, -0.25) is 4.79 Å². The van der Waals surface area contributed by atoms with Crippen molar-refractivity contribution in [3.63, 3.8) is 0 Å². The number of hydrogen-bond donors (Lipinski definition) is 0. The van der Waals surface area contributed by atoms with Gasteiger partial charge in [0.1, 0.15) is 5.76 Å². The molecule has 0 spiro atoms. The largest absolute Gasteiger partial charge is 0.519 e. The highest BCUT2D eigenvalue weighted by molar-refractivity contribution is 8.12. The highest BCUT2D eigenvalue weighted by atomic mass is 32.2. The van der Waals surface area contributed by atoms with Gasteiger partial charge >= 0.3 is 5.82 Å². The third-order valence-electron chi connectivity index (χ3n) is 1.24. The van der Waals surface area contributed by atoms with Crippen molar-refractivity contribution in [2.24, 2.45) is 0 Å². The Hall–Kier alpha value is -0.970. The molecule has 0 amide bonds. The van der Waals surface area contributed by atoms with Gasteiger partial charge in [0.05, 0.1) is 5.75 Å². The second kappa shape index (κ2) is 3.62. The number of carbonyl (C=O) groups excluding carboxylic acids is 1. The smallest absolute Gasteiger partial charge is 0.396 e. The van der Waals surface area contributed by atoms with Crippen LogP contribution in [0.1, 0.15) is 18.4 Å². The van der Waals surface area contributed by atoms with E-state index in [1.54, 1.807) is 6.92 Å². The van der Waals surface area contributed by atoms with Gasteiger partial charge in [0, 0.05) is 6.92 Å². The van der Waals surface area contributed by atoms with E-state index >= 15 is 0 Å². The van der Waals surface area contributed by atoms with E-state index in [1.807, 2.05) is 0 Å². The molecule has 0 radical (unpaired) electrons. The molecule has 0 saturated heterocycles. The first-order valence-electron chi connectivity index (χ1n) is 3.32. The van der Waals surface area contributed by atoms with Crippen LogP contribution >= 0.6 is 11.8 Å². The van der Waals surface area contributed by atoms with Gasteiger partial charge in [0.25, 0.3) is 0 Å². The minimum Gasteiger partial charge on any atom is -0.396 e. The lowest BCUT2D eigenvalue weighted by atomic mass is 10.4. The van der Waals surface area contributed by atoms with Crippen molar-refractivity contribution in [2.75, 3.05) is 0 Å². The third-order valence-corrected chi connectivity index (χ3v) is 2.06. The van der Waals surface area contributed by atoms with Crippen molar-refractivity contribution >= 4 is 16.9 Å². The summed E-state index contributed by atoms with van der Waals surface area (Å²) in [5.74, 6) is 0.507. The van der Waals surface area contributed by atoms with Gasteiger partial charge in [-0.1, -0.05) is 11.8 Å². The first-order valence-corrected chi connectivity index (χ1v) is 4.31. The maximum absolute atomic E-state index is 10.5. The van der Waals surface area contributed by atoms with Crippen molar-refractivity contribution in [1.82, 2.24) is 0 Å². The van der Waals surface area contributed by atoms with E-state index in [9.17, 15) is 9.59 Å². The van der Waals surface area contributed by atoms with E-state index in [-0.39, 0.29) is 5.12 Å². The fraction of sp³-hybridized carbons (Fsp3) is 0.429. The Kier molecular flexibility index (Phi) is 2.75. The van der Waals surface area contributed by atoms with Crippen LogP contribution < -0.4 is 5.82 Å². The van der Waals surface area contributed by atoms with Gasteiger partial charge in [-0.2, -0.15) is 0 Å². The van der Waals surface area contributed by atoms with E-state index in [1.165, 1.54) is 6.92 Å². The van der Waals surface area contributed by atoms with Crippen LogP contribution in [-0.4, -0.2) is 5.12 Å². The van der Waals surface area contributed by atoms with Crippen molar-refractivity contribution < 1.29 is 13.6 Å². The molecule has 0 aliphatic rings. The molecule has 4 nitrogen and oxygen atoms in total. The maximum atomic E-state index is 10.5. The summed E-state index contributed by atoms with van der Waals surface area (Å²) < 4.78 is 9.27. The monoisotopic (exact) mass is 188 g/mol. The molecule has 0 fully saturated rings. The van der Waals surface area contributed by atoms with E-state index in [0.29, 0.717) is 17.3 Å². The summed E-state index contributed by atoms with van der Waals surface area (Å²) in [5.41, 5.74) is 0. The Labute approximate surface area is 72.9 Å². The van der Waals surface area contributed by atoms with Gasteiger partial charge in [0.15, 0.2) is 10.9 Å². The zero-order valence-corrected chi connectivity index (χ0v) is 7.56. The number of rotatable bonds is 2. The van der Waals surface area contributed by atoms with Crippen molar-refractivity contribution in [3.8, 4) is 0 Å². The predicted molar refractivity (Wildman–Crippen MR) is 44.0 cm³/mol. The topological polar surface area (TPSA) is 60.4 Å². The first kappa shape index (κ1) is 9.12. The van der Waals surface area contributed by atoms with E-state index < -0.39 is 5.82 Å². The van der Waals surface area contributed by atoms with E-state index in [0.717, 1.165) is 11.8 Å². The molecule has 0 bridgehead atoms. The second-order valence-electron chi connectivity index (χ2n) is 2.21. The van der Waals surface area contributed by atoms with Crippen LogP contribution in [-0.2, 0) is 10.5 Å². The van der Waals surface area contributed by atoms with Crippen LogP contribution in [0.2, 0.25) is 0 Å². The molecule has 1 rings (SSSR count). The zero-order valence-electron chi connectivity index (χ0n) is 6.75. The molecule has 0 unspecified atom stereocenters. The Balaban J connectivity index is 2.69. The molecule has 1 aromatic rings. The maximum Gasteiger partial charge on any atom is 0.519 e. The molecular weight excluding hydrogens is 180 g/mol. The molecule has 1 aromatic heterocycles. The summed E-state index contributed by atoms with van der Waals surface area (Å²) in [4.78, 5) is 21.1. The number of hydrogen-bond acceptors (Lipinski definition) is 5. The van der Waals surface area contributed by atoms with E-state index in [2.05, 4.69) is 8.83 Å². The summed E-state index contributed by atoms with van der Waals surface area (Å²) in [7, 11) is 0. The fourth-order valence-corrected chi connectivity index (χ4v) is 1.27. The SMILES string of the molecule is CC(=O)SCc1oc(=O)oc1C. The third kappa shape index (κ3) is 2.27. The normalized spacial score (nSPS) is 10.2. The average molecular weight is 188 g/mol. The zero-order chi connectivity index (χ0) is 9.14. The van der Waals surface area contributed by atoms with Crippen molar-refractivity contribution in [2.45, 2.75) is 19.6 Å². The van der Waals surface area contributed by atoms with E-state index in [4.69, 9.17) is 0 Å². The van der Waals surface area contributed by atoms with Gasteiger partial charge in [-0.15, -0.1) is 0 Å². The highest BCUT2D eigenvalue weighted by Crippen LogP contribution is 2.14. The minimum absolute atomic E-state index is 0.0155. The van der Waals surface area contributed by atoms with Crippen LogP contribution in [0, 0.1) is 6.92 Å². The lowest BCUT2D eigenvalue weighted by Gasteiger charge is -1.90. The summed E-state index contributed by atoms with van der Waals surface area (Å²) in [6.07, 6.45) is 0. The van der Waals surface area contributed by atoms with Crippen LogP contribution in [0.5, 0.6) is 0 Å². The first-order chi connectivity index (χ1) is 5.59. The Bertz CT molecular complexity index is 335. The summed E-state index contributed by atoms with van der Waals surface area (Å²) in [6, 6.07) is 0. The van der Waals surface area contributed by atoms with Crippen LogP contribution in [0.25, 0.3) is 0 Å². The van der Waals surface area contributed by atoms with Crippen molar-refractivity contribution in [3.05, 3.63) is 22.1 Å². The lowest BCUT2D eigenvalue weighted by molar-refractivity contribution is -0.109. The molecule has 0 saturated carbocycles. The molecule has 0 aliphatic carbocycles. The number of thioether (sulfide) groups is 1. The number of carbonyl (C=O) groups is 1. The quantitative estimate of drug-likeness (QED) is 0.700. The molecule has 0 N–H and O–H groups in total. The van der Waals surface area contributed by atoms with Crippen LogP contribution in [0.15, 0.2) is 13.6 Å². The Morgan fingerprint density at radius 1 is 1.50 bits per heavy atom. The van der Waals surface area contributed by atoms with Gasteiger partial charge < -0.3 is 8.83 Å². The Morgan fingerprint density at radius 3 is 2.58 bits per heavy atom. The molecule has 0 aromatic carbocycles. The molecular formula is C7H8O4S. The molecule has 1 heterocycles. The van der Waals surface area contributed by atoms with Crippen LogP contribution in [0.3, 0.4) is 0 Å². The number of aryl methyl sites for hydroxylation is 1. The molecule has 0 aliphatic heterocycles. The second-order valence-corrected chi connectivity index (χ2v) is 3.37. The predicted octanol–water partition coefficient (Wildman–Crippen LogP) is 1.32. The van der Waals surface area contributed by atoms with Gasteiger partial charge in [-0.25, -0.2) is 4.79 Å². The minimum atomic E-state index is -0.716. The van der Waals surface area contributed by atoms with Gasteiger partial charge in [-0.05, 0) is 6.92 Å². The molecule has 0 atom stereocenters. The molecule has 66 valence electrons. The summed E-state index contributed by atoms with van der Waals surface area (Å²) >= 11 is 1.08. The molecule has 12 heavy (non-hydrogen) atoms. The summed E-state index contributed by atoms with van der Waals surface area (Å²) in [5, 5.41) is -0.0155. The summed E-state index contributed by atoms with van der Waals surface area (Å²) in [6.45, 7) is 3.08. The average Bonchev–Trinajstić information content (AvgIpc) is 2.26. The van der Waals surface area contributed by atoms with Crippen LogP contribution in [0.4, 0.5) is 0 Å².